The standard InChI is InChI=1S/C22H24N4O2/c1-15-2-3-17(12-24-15)21(27)26-18-4-5-19(26)11-22(28,10-18)14-25-9-7-16-6-8-23-13-20(16)25/h2-3,6-9,12-13,18-19,28H,4-5,10-11,14H2,1H3/t18-,19-/m1/s1. The van der Waals surface area contributed by atoms with E-state index in [4.69, 9.17) is 0 Å². The molecule has 144 valence electrons. The van der Waals surface area contributed by atoms with Crippen LogP contribution in [-0.2, 0) is 6.54 Å². The smallest absolute Gasteiger partial charge is 0.255 e. The molecule has 5 heterocycles. The van der Waals surface area contributed by atoms with Crippen molar-refractivity contribution in [2.45, 2.75) is 56.8 Å². The third kappa shape index (κ3) is 2.88. The van der Waals surface area contributed by atoms with E-state index in [1.807, 2.05) is 42.4 Å². The molecular formula is C22H24N4O2. The van der Waals surface area contributed by atoms with Gasteiger partial charge < -0.3 is 14.6 Å². The van der Waals surface area contributed by atoms with Crippen LogP contribution in [0, 0.1) is 6.92 Å². The molecule has 2 fully saturated rings. The van der Waals surface area contributed by atoms with Crippen LogP contribution in [0.15, 0.2) is 49.1 Å². The van der Waals surface area contributed by atoms with E-state index in [2.05, 4.69) is 20.6 Å². The zero-order valence-electron chi connectivity index (χ0n) is 16.0. The minimum Gasteiger partial charge on any atom is -0.388 e. The molecule has 3 aromatic heterocycles. The number of aromatic nitrogens is 3. The van der Waals surface area contributed by atoms with Crippen LogP contribution in [0.3, 0.4) is 0 Å². The Bertz CT molecular complexity index is 1010. The van der Waals surface area contributed by atoms with Crippen LogP contribution in [-0.4, -0.2) is 48.1 Å². The van der Waals surface area contributed by atoms with Gasteiger partial charge in [-0.25, -0.2) is 0 Å². The topological polar surface area (TPSA) is 71.2 Å². The maximum absolute atomic E-state index is 13.1. The highest BCUT2D eigenvalue weighted by atomic mass is 16.3. The molecule has 0 spiro atoms. The molecule has 6 nitrogen and oxygen atoms in total. The van der Waals surface area contributed by atoms with E-state index < -0.39 is 5.60 Å². The zero-order chi connectivity index (χ0) is 19.3. The summed E-state index contributed by atoms with van der Waals surface area (Å²) in [5.74, 6) is 0.0395. The average Bonchev–Trinajstić information content (AvgIpc) is 3.21. The van der Waals surface area contributed by atoms with Gasteiger partial charge in [0.05, 0.1) is 29.4 Å². The van der Waals surface area contributed by atoms with Gasteiger partial charge in [0.2, 0.25) is 0 Å². The van der Waals surface area contributed by atoms with Crippen molar-refractivity contribution in [3.05, 3.63) is 60.3 Å². The first-order valence-corrected chi connectivity index (χ1v) is 9.89. The molecule has 3 aromatic rings. The second-order valence-electron chi connectivity index (χ2n) is 8.30. The van der Waals surface area contributed by atoms with Crippen LogP contribution >= 0.6 is 0 Å². The molecule has 2 saturated heterocycles. The Morgan fingerprint density at radius 2 is 1.96 bits per heavy atom. The quantitative estimate of drug-likeness (QED) is 0.763. The number of aryl methyl sites for hydroxylation is 1. The Balaban J connectivity index is 1.37. The van der Waals surface area contributed by atoms with Crippen molar-refractivity contribution in [2.75, 3.05) is 0 Å². The Hall–Kier alpha value is -2.73. The van der Waals surface area contributed by atoms with Gasteiger partial charge in [-0.3, -0.25) is 14.8 Å². The molecule has 0 radical (unpaired) electrons. The van der Waals surface area contributed by atoms with Crippen molar-refractivity contribution in [1.82, 2.24) is 19.4 Å². The predicted molar refractivity (Wildman–Crippen MR) is 106 cm³/mol. The SMILES string of the molecule is Cc1ccc(C(=O)N2[C@@H]3CC[C@@H]2CC(O)(Cn2ccc4ccncc42)C3)cn1. The highest BCUT2D eigenvalue weighted by molar-refractivity contribution is 5.94. The minimum absolute atomic E-state index is 0.0395. The molecule has 6 heteroatoms. The number of aliphatic hydroxyl groups is 1. The Morgan fingerprint density at radius 3 is 2.68 bits per heavy atom. The summed E-state index contributed by atoms with van der Waals surface area (Å²) in [4.78, 5) is 23.5. The first-order valence-electron chi connectivity index (χ1n) is 9.89. The summed E-state index contributed by atoms with van der Waals surface area (Å²) in [5, 5.41) is 12.5. The number of pyridine rings is 2. The molecular weight excluding hydrogens is 352 g/mol. The van der Waals surface area contributed by atoms with Crippen molar-refractivity contribution in [1.29, 1.82) is 0 Å². The van der Waals surface area contributed by atoms with Gasteiger partial charge in [0.15, 0.2) is 0 Å². The fraction of sp³-hybridized carbons (Fsp3) is 0.409. The van der Waals surface area contributed by atoms with Crippen LogP contribution in [0.4, 0.5) is 0 Å². The van der Waals surface area contributed by atoms with E-state index in [1.165, 1.54) is 0 Å². The second kappa shape index (κ2) is 6.41. The molecule has 0 aromatic carbocycles. The molecule has 2 atom stereocenters. The monoisotopic (exact) mass is 376 g/mol. The normalized spacial score (nSPS) is 26.7. The third-order valence-corrected chi connectivity index (χ3v) is 6.28. The van der Waals surface area contributed by atoms with Crippen molar-refractivity contribution in [3.8, 4) is 0 Å². The second-order valence-corrected chi connectivity index (χ2v) is 8.30. The lowest BCUT2D eigenvalue weighted by atomic mass is 9.85. The molecule has 0 unspecified atom stereocenters. The number of nitrogens with zero attached hydrogens (tertiary/aromatic N) is 4. The van der Waals surface area contributed by atoms with Gasteiger partial charge in [0, 0.05) is 41.8 Å². The first-order chi connectivity index (χ1) is 13.5. The zero-order valence-corrected chi connectivity index (χ0v) is 16.0. The largest absolute Gasteiger partial charge is 0.388 e. The van der Waals surface area contributed by atoms with E-state index in [-0.39, 0.29) is 18.0 Å². The minimum atomic E-state index is -0.810. The van der Waals surface area contributed by atoms with E-state index >= 15 is 0 Å². The number of carbonyl (C=O) groups excluding carboxylic acids is 1. The van der Waals surface area contributed by atoms with E-state index in [9.17, 15) is 9.90 Å². The Morgan fingerprint density at radius 1 is 1.18 bits per heavy atom. The Kier molecular flexibility index (Phi) is 3.98. The molecule has 2 aliphatic heterocycles. The maximum Gasteiger partial charge on any atom is 0.255 e. The van der Waals surface area contributed by atoms with Crippen LogP contribution in [0.25, 0.3) is 10.9 Å². The van der Waals surface area contributed by atoms with Gasteiger partial charge >= 0.3 is 0 Å². The van der Waals surface area contributed by atoms with Gasteiger partial charge in [-0.2, -0.15) is 0 Å². The lowest BCUT2D eigenvalue weighted by Crippen LogP contribution is -2.54. The molecule has 1 N–H and O–H groups in total. The first kappa shape index (κ1) is 17.4. The summed E-state index contributed by atoms with van der Waals surface area (Å²) in [6, 6.07) is 7.92. The summed E-state index contributed by atoms with van der Waals surface area (Å²) in [7, 11) is 0. The van der Waals surface area contributed by atoms with Crippen LogP contribution < -0.4 is 0 Å². The number of carbonyl (C=O) groups is 1. The van der Waals surface area contributed by atoms with Crippen molar-refractivity contribution >= 4 is 16.8 Å². The number of amides is 1. The highest BCUT2D eigenvalue weighted by Crippen LogP contribution is 2.42. The predicted octanol–water partition coefficient (Wildman–Crippen LogP) is 2.94. The van der Waals surface area contributed by atoms with Gasteiger partial charge in [0.25, 0.3) is 5.91 Å². The van der Waals surface area contributed by atoms with Crippen molar-refractivity contribution < 1.29 is 9.90 Å². The number of hydrogen-bond acceptors (Lipinski definition) is 4. The van der Waals surface area contributed by atoms with Crippen LogP contribution in [0.2, 0.25) is 0 Å². The van der Waals surface area contributed by atoms with Gasteiger partial charge in [-0.05, 0) is 56.9 Å². The lowest BCUT2D eigenvalue weighted by molar-refractivity contribution is -0.0533. The number of piperidine rings is 1. The van der Waals surface area contributed by atoms with Crippen molar-refractivity contribution in [2.24, 2.45) is 0 Å². The van der Waals surface area contributed by atoms with E-state index in [1.54, 1.807) is 12.4 Å². The average molecular weight is 376 g/mol. The van der Waals surface area contributed by atoms with Crippen LogP contribution in [0.5, 0.6) is 0 Å². The van der Waals surface area contributed by atoms with E-state index in [0.717, 1.165) is 29.4 Å². The maximum atomic E-state index is 13.1. The van der Waals surface area contributed by atoms with E-state index in [0.29, 0.717) is 24.9 Å². The molecule has 1 amide bonds. The van der Waals surface area contributed by atoms with Gasteiger partial charge in [-0.15, -0.1) is 0 Å². The number of rotatable bonds is 3. The molecule has 5 rings (SSSR count). The summed E-state index contributed by atoms with van der Waals surface area (Å²) in [6.07, 6.45) is 10.4. The van der Waals surface area contributed by atoms with Gasteiger partial charge in [-0.1, -0.05) is 0 Å². The highest BCUT2D eigenvalue weighted by Gasteiger charge is 2.49. The van der Waals surface area contributed by atoms with Crippen LogP contribution in [0.1, 0.15) is 41.7 Å². The fourth-order valence-electron chi connectivity index (χ4n) is 5.01. The Labute approximate surface area is 163 Å². The summed E-state index contributed by atoms with van der Waals surface area (Å²) >= 11 is 0. The van der Waals surface area contributed by atoms with Gasteiger partial charge in [0.1, 0.15) is 0 Å². The summed E-state index contributed by atoms with van der Waals surface area (Å²) in [5.41, 5.74) is 1.76. The summed E-state index contributed by atoms with van der Waals surface area (Å²) < 4.78 is 2.09. The summed E-state index contributed by atoms with van der Waals surface area (Å²) in [6.45, 7) is 2.45. The van der Waals surface area contributed by atoms with Crippen molar-refractivity contribution in [3.63, 3.8) is 0 Å². The molecule has 2 aliphatic rings. The molecule has 28 heavy (non-hydrogen) atoms. The third-order valence-electron chi connectivity index (χ3n) is 6.28. The lowest BCUT2D eigenvalue weighted by Gasteiger charge is -2.44. The fourth-order valence-corrected chi connectivity index (χ4v) is 5.01. The number of fused-ring (bicyclic) bond motifs is 3. The molecule has 2 bridgehead atoms. The number of hydrogen-bond donors (Lipinski definition) is 1. The molecule has 0 aliphatic carbocycles. The molecule has 0 saturated carbocycles.